The molecule has 0 radical (unpaired) electrons. The number of benzene rings is 2. The molecule has 2 aromatic heterocycles. The molecule has 2 fully saturated rings. The van der Waals surface area contributed by atoms with Crippen LogP contribution in [-0.2, 0) is 11.3 Å². The summed E-state index contributed by atoms with van der Waals surface area (Å²) >= 11 is 0. The number of anilines is 2. The predicted octanol–water partition coefficient (Wildman–Crippen LogP) is 3.75. The molecule has 3 aliphatic rings. The molecule has 4 aromatic rings. The molecule has 2 atom stereocenters. The third-order valence-corrected chi connectivity index (χ3v) is 9.29. The molecular weight excluding hydrogens is 602 g/mol. The van der Waals surface area contributed by atoms with Gasteiger partial charge in [0.05, 0.1) is 18.0 Å². The number of nitrogens with zero attached hydrogens (tertiary/aromatic N) is 4. The lowest BCUT2D eigenvalue weighted by molar-refractivity contribution is 0.0570. The number of hydrogen-bond donors (Lipinski definition) is 1. The van der Waals surface area contributed by atoms with Crippen LogP contribution in [0.3, 0.4) is 0 Å². The molecule has 12 heteroatoms. The standard InChI is InChI=1S/C35H35N5O7/c1-2-46-35(45)38-14-12-37(13-15-38)33(43)24-10-11-29(39-19-22-16-25(21-39)28-7-5-9-31(41)40(28)20-22)27(18-24)36-32(42)26-17-23-6-3-4-8-30(23)47-34(26)44/h3-11,17-18,22,25H,2,12-16,19-21H2,1H3,(H,36,42). The topological polar surface area (TPSA) is 134 Å². The van der Waals surface area contributed by atoms with Gasteiger partial charge in [-0.05, 0) is 55.7 Å². The van der Waals surface area contributed by atoms with Gasteiger partial charge in [-0.1, -0.05) is 24.3 Å². The van der Waals surface area contributed by atoms with E-state index in [0.29, 0.717) is 73.7 Å². The number of amides is 3. The van der Waals surface area contributed by atoms with Gasteiger partial charge < -0.3 is 33.7 Å². The van der Waals surface area contributed by atoms with Crippen LogP contribution in [0.2, 0.25) is 0 Å². The number of piperidine rings is 1. The number of carbonyl (C=O) groups is 3. The lowest BCUT2D eigenvalue weighted by atomic mass is 9.83. The van der Waals surface area contributed by atoms with Crippen LogP contribution in [0.1, 0.15) is 45.7 Å². The van der Waals surface area contributed by atoms with Gasteiger partial charge in [-0.25, -0.2) is 9.59 Å². The summed E-state index contributed by atoms with van der Waals surface area (Å²) in [5.41, 5.74) is 1.94. The van der Waals surface area contributed by atoms with E-state index in [9.17, 15) is 24.0 Å². The first kappa shape index (κ1) is 30.3. The molecule has 12 nitrogen and oxygen atoms in total. The molecule has 1 N–H and O–H groups in total. The number of rotatable bonds is 5. The van der Waals surface area contributed by atoms with Crippen molar-refractivity contribution in [3.8, 4) is 0 Å². The minimum absolute atomic E-state index is 0.00114. The van der Waals surface area contributed by atoms with Crippen LogP contribution in [-0.4, -0.2) is 78.1 Å². The highest BCUT2D eigenvalue weighted by Crippen LogP contribution is 2.39. The van der Waals surface area contributed by atoms with Gasteiger partial charge in [0.2, 0.25) is 0 Å². The lowest BCUT2D eigenvalue weighted by Crippen LogP contribution is -2.50. The van der Waals surface area contributed by atoms with Gasteiger partial charge in [0.25, 0.3) is 17.4 Å². The second-order valence-corrected chi connectivity index (χ2v) is 12.3. The Bertz CT molecular complexity index is 1990. The van der Waals surface area contributed by atoms with Crippen molar-refractivity contribution in [1.82, 2.24) is 14.4 Å². The van der Waals surface area contributed by atoms with Crippen molar-refractivity contribution in [3.05, 3.63) is 104 Å². The molecular formula is C35H35N5O7. The average molecular weight is 638 g/mol. The summed E-state index contributed by atoms with van der Waals surface area (Å²) in [6, 6.07) is 19.1. The average Bonchev–Trinajstić information content (AvgIpc) is 3.08. The number of para-hydroxylation sites is 1. The van der Waals surface area contributed by atoms with E-state index in [2.05, 4.69) is 10.2 Å². The summed E-state index contributed by atoms with van der Waals surface area (Å²) in [7, 11) is 0. The van der Waals surface area contributed by atoms with Crippen molar-refractivity contribution in [1.29, 1.82) is 0 Å². The Balaban J connectivity index is 1.20. The van der Waals surface area contributed by atoms with Crippen molar-refractivity contribution in [3.63, 3.8) is 0 Å². The molecule has 0 saturated carbocycles. The maximum absolute atomic E-state index is 13.7. The zero-order chi connectivity index (χ0) is 32.7. The van der Waals surface area contributed by atoms with Crippen LogP contribution in [0, 0.1) is 5.92 Å². The van der Waals surface area contributed by atoms with E-state index in [1.807, 2.05) is 16.7 Å². The summed E-state index contributed by atoms with van der Waals surface area (Å²) in [5.74, 6) is -0.545. The molecule has 0 spiro atoms. The number of hydrogen-bond acceptors (Lipinski definition) is 8. The van der Waals surface area contributed by atoms with E-state index in [0.717, 1.165) is 12.1 Å². The zero-order valence-corrected chi connectivity index (χ0v) is 26.0. The number of fused-ring (bicyclic) bond motifs is 5. The highest BCUT2D eigenvalue weighted by Gasteiger charge is 2.36. The zero-order valence-electron chi connectivity index (χ0n) is 26.0. The summed E-state index contributed by atoms with van der Waals surface area (Å²) in [5, 5.41) is 3.53. The van der Waals surface area contributed by atoms with E-state index in [1.165, 1.54) is 6.07 Å². The molecule has 2 unspecified atom stereocenters. The van der Waals surface area contributed by atoms with Crippen molar-refractivity contribution in [2.75, 3.05) is 56.1 Å². The molecule has 5 heterocycles. The second-order valence-electron chi connectivity index (χ2n) is 12.3. The molecule has 0 aliphatic carbocycles. The van der Waals surface area contributed by atoms with Crippen molar-refractivity contribution in [2.45, 2.75) is 25.8 Å². The Morgan fingerprint density at radius 3 is 2.49 bits per heavy atom. The van der Waals surface area contributed by atoms with Gasteiger partial charge in [0, 0.05) is 74.4 Å². The smallest absolute Gasteiger partial charge is 0.409 e. The Hall–Kier alpha value is -5.39. The third-order valence-electron chi connectivity index (χ3n) is 9.29. The SMILES string of the molecule is CCOC(=O)N1CCN(C(=O)c2ccc(N3CC4CC(C3)c3cccc(=O)n3C4)c(NC(=O)c3cc4ccccc4oc3=O)c2)CC1. The fourth-order valence-corrected chi connectivity index (χ4v) is 7.04. The quantitative estimate of drug-likeness (QED) is 0.327. The number of pyridine rings is 1. The normalized spacial score (nSPS) is 18.9. The molecule has 3 amide bonds. The minimum atomic E-state index is -0.760. The minimum Gasteiger partial charge on any atom is -0.450 e. The molecule has 2 saturated heterocycles. The Morgan fingerprint density at radius 1 is 0.894 bits per heavy atom. The molecule has 7 rings (SSSR count). The summed E-state index contributed by atoms with van der Waals surface area (Å²) < 4.78 is 12.4. The monoisotopic (exact) mass is 637 g/mol. The highest BCUT2D eigenvalue weighted by molar-refractivity contribution is 6.08. The van der Waals surface area contributed by atoms with Crippen molar-refractivity contribution in [2.24, 2.45) is 5.92 Å². The van der Waals surface area contributed by atoms with Crippen LogP contribution in [0.4, 0.5) is 16.2 Å². The van der Waals surface area contributed by atoms with E-state index >= 15 is 0 Å². The van der Waals surface area contributed by atoms with Crippen LogP contribution in [0.25, 0.3) is 11.0 Å². The third kappa shape index (κ3) is 5.86. The molecule has 2 aromatic carbocycles. The summed E-state index contributed by atoms with van der Waals surface area (Å²) in [6.07, 6.45) is 0.555. The summed E-state index contributed by atoms with van der Waals surface area (Å²) in [6.45, 7) is 5.29. The van der Waals surface area contributed by atoms with Crippen LogP contribution in [0.15, 0.2) is 80.7 Å². The van der Waals surface area contributed by atoms with Gasteiger partial charge in [-0.15, -0.1) is 0 Å². The predicted molar refractivity (Wildman–Crippen MR) is 175 cm³/mol. The van der Waals surface area contributed by atoms with E-state index in [4.69, 9.17) is 9.15 Å². The largest absolute Gasteiger partial charge is 0.450 e. The number of carbonyl (C=O) groups excluding carboxylic acids is 3. The van der Waals surface area contributed by atoms with Gasteiger partial charge in [0.1, 0.15) is 11.1 Å². The van der Waals surface area contributed by atoms with Crippen molar-refractivity contribution < 1.29 is 23.5 Å². The van der Waals surface area contributed by atoms with Gasteiger partial charge in [0.15, 0.2) is 0 Å². The first-order valence-corrected chi connectivity index (χ1v) is 15.9. The van der Waals surface area contributed by atoms with Crippen LogP contribution in [0.5, 0.6) is 0 Å². The number of aromatic nitrogens is 1. The maximum atomic E-state index is 13.7. The lowest BCUT2D eigenvalue weighted by Gasteiger charge is -2.44. The highest BCUT2D eigenvalue weighted by atomic mass is 16.6. The first-order chi connectivity index (χ1) is 22.8. The maximum Gasteiger partial charge on any atom is 0.409 e. The van der Waals surface area contributed by atoms with E-state index in [-0.39, 0.29) is 35.5 Å². The summed E-state index contributed by atoms with van der Waals surface area (Å²) in [4.78, 5) is 70.4. The Morgan fingerprint density at radius 2 is 1.68 bits per heavy atom. The fraction of sp³-hybridized carbons (Fsp3) is 0.343. The molecule has 47 heavy (non-hydrogen) atoms. The van der Waals surface area contributed by atoms with Crippen molar-refractivity contribution >= 4 is 40.3 Å². The second kappa shape index (κ2) is 12.4. The Labute approximate surface area is 270 Å². The van der Waals surface area contributed by atoms with Crippen LogP contribution >= 0.6 is 0 Å². The number of ether oxygens (including phenoxy) is 1. The first-order valence-electron chi connectivity index (χ1n) is 15.9. The number of piperazine rings is 1. The van der Waals surface area contributed by atoms with Gasteiger partial charge in [-0.3, -0.25) is 14.4 Å². The molecule has 3 aliphatic heterocycles. The molecule has 242 valence electrons. The number of nitrogens with one attached hydrogen (secondary N) is 1. The van der Waals surface area contributed by atoms with E-state index in [1.54, 1.807) is 65.3 Å². The van der Waals surface area contributed by atoms with Gasteiger partial charge >= 0.3 is 11.7 Å². The molecule has 2 bridgehead atoms. The van der Waals surface area contributed by atoms with E-state index < -0.39 is 17.6 Å². The van der Waals surface area contributed by atoms with Crippen LogP contribution < -0.4 is 21.4 Å². The fourth-order valence-electron chi connectivity index (χ4n) is 7.04. The van der Waals surface area contributed by atoms with Gasteiger partial charge in [-0.2, -0.15) is 0 Å². The Kier molecular flexibility index (Phi) is 8.00.